The first-order valence-corrected chi connectivity index (χ1v) is 9.35. The number of quaternary nitrogens is 1. The van der Waals surface area contributed by atoms with Gasteiger partial charge in [-0.2, -0.15) is 12.3 Å². The fourth-order valence-electron chi connectivity index (χ4n) is 3.00. The Kier molecular flexibility index (Phi) is 4.34. The number of carbonyl (C=O) groups excluding carboxylic acids is 1. The van der Waals surface area contributed by atoms with Crippen LogP contribution in [0.15, 0.2) is 59.6 Å². The van der Waals surface area contributed by atoms with E-state index in [4.69, 9.17) is 11.6 Å². The van der Waals surface area contributed by atoms with E-state index in [0.717, 1.165) is 11.8 Å². The molecule has 1 heterocycles. The maximum absolute atomic E-state index is 13.4. The van der Waals surface area contributed by atoms with Crippen LogP contribution in [-0.2, 0) is 14.8 Å². The van der Waals surface area contributed by atoms with Crippen molar-refractivity contribution >= 4 is 39.7 Å². The molecule has 1 aliphatic heterocycles. The van der Waals surface area contributed by atoms with E-state index in [9.17, 15) is 13.2 Å². The first-order valence-electron chi connectivity index (χ1n) is 7.53. The average Bonchev–Trinajstić information content (AvgIpc) is 2.94. The Hall–Kier alpha value is -1.95. The minimum absolute atomic E-state index is 0.131. The Bertz CT molecular complexity index is 909. The number of benzene rings is 2. The van der Waals surface area contributed by atoms with Gasteiger partial charge < -0.3 is 4.79 Å². The number of halogens is 1. The van der Waals surface area contributed by atoms with Crippen molar-refractivity contribution in [3.8, 4) is 0 Å². The van der Waals surface area contributed by atoms with E-state index >= 15 is 0 Å². The summed E-state index contributed by atoms with van der Waals surface area (Å²) >= 11 is 6.03. The highest BCUT2D eigenvalue weighted by Crippen LogP contribution is 2.42. The second-order valence-electron chi connectivity index (χ2n) is 5.90. The summed E-state index contributed by atoms with van der Waals surface area (Å²) in [4.78, 5) is 11.4. The standard InChI is InChI=1S/C18H17ClNO3S/c1-14(13-21)12-20(24(22,23)17-5-3-2-4-6-17)10-9-15-11-16(19)7-8-18(15)20/h2-11,13-14H,12H2,1H3/q+1. The normalized spacial score (nSPS) is 20.6. The summed E-state index contributed by atoms with van der Waals surface area (Å²) in [6.07, 6.45) is 4.16. The molecule has 2 aromatic carbocycles. The molecule has 2 unspecified atom stereocenters. The molecule has 0 fully saturated rings. The molecule has 0 amide bonds. The predicted molar refractivity (Wildman–Crippen MR) is 96.0 cm³/mol. The maximum atomic E-state index is 13.4. The average molecular weight is 363 g/mol. The maximum Gasteiger partial charge on any atom is 0.336 e. The van der Waals surface area contributed by atoms with Crippen LogP contribution >= 0.6 is 11.6 Å². The van der Waals surface area contributed by atoms with Gasteiger partial charge in [-0.15, -0.1) is 0 Å². The van der Waals surface area contributed by atoms with Crippen molar-refractivity contribution in [3.63, 3.8) is 0 Å². The summed E-state index contributed by atoms with van der Waals surface area (Å²) in [6.45, 7) is 1.85. The van der Waals surface area contributed by atoms with Gasteiger partial charge in [0.2, 0.25) is 0 Å². The number of nitrogens with zero attached hydrogens (tertiary/aromatic N) is 1. The number of rotatable bonds is 5. The van der Waals surface area contributed by atoms with E-state index in [1.54, 1.807) is 67.7 Å². The summed E-state index contributed by atoms with van der Waals surface area (Å²) in [7, 11) is -3.78. The van der Waals surface area contributed by atoms with Gasteiger partial charge in [0.15, 0.2) is 5.69 Å². The lowest BCUT2D eigenvalue weighted by molar-refractivity contribution is -0.110. The zero-order valence-electron chi connectivity index (χ0n) is 13.1. The van der Waals surface area contributed by atoms with Crippen LogP contribution in [0, 0.1) is 5.92 Å². The monoisotopic (exact) mass is 362 g/mol. The highest BCUT2D eigenvalue weighted by molar-refractivity contribution is 7.91. The molecule has 4 nitrogen and oxygen atoms in total. The van der Waals surface area contributed by atoms with Gasteiger partial charge in [-0.1, -0.05) is 36.7 Å². The summed E-state index contributed by atoms with van der Waals surface area (Å²) in [5.41, 5.74) is 1.36. The third-order valence-electron chi connectivity index (χ3n) is 4.15. The van der Waals surface area contributed by atoms with Crippen molar-refractivity contribution in [1.82, 2.24) is 3.89 Å². The highest BCUT2D eigenvalue weighted by atomic mass is 35.5. The van der Waals surface area contributed by atoms with Gasteiger partial charge in [-0.05, 0) is 24.3 Å². The van der Waals surface area contributed by atoms with Crippen LogP contribution in [0.2, 0.25) is 5.02 Å². The van der Waals surface area contributed by atoms with E-state index in [2.05, 4.69) is 0 Å². The molecule has 0 spiro atoms. The number of sulfonamides is 1. The molecule has 24 heavy (non-hydrogen) atoms. The highest BCUT2D eigenvalue weighted by Gasteiger charge is 2.48. The fraction of sp³-hybridized carbons (Fsp3) is 0.167. The molecule has 0 saturated carbocycles. The zero-order valence-corrected chi connectivity index (χ0v) is 14.7. The van der Waals surface area contributed by atoms with Gasteiger partial charge in [-0.25, -0.2) is 0 Å². The van der Waals surface area contributed by atoms with Crippen LogP contribution in [0.25, 0.3) is 6.08 Å². The van der Waals surface area contributed by atoms with Crippen LogP contribution in [0.4, 0.5) is 5.69 Å². The Morgan fingerprint density at radius 3 is 2.54 bits per heavy atom. The van der Waals surface area contributed by atoms with Crippen LogP contribution < -0.4 is 3.89 Å². The van der Waals surface area contributed by atoms with Crippen molar-refractivity contribution < 1.29 is 13.2 Å². The third-order valence-corrected chi connectivity index (χ3v) is 6.58. The Labute approximate surface area is 146 Å². The second kappa shape index (κ2) is 6.16. The van der Waals surface area contributed by atoms with E-state index in [0.29, 0.717) is 10.7 Å². The van der Waals surface area contributed by atoms with Crippen LogP contribution in [0.1, 0.15) is 12.5 Å². The van der Waals surface area contributed by atoms with E-state index < -0.39 is 19.8 Å². The molecule has 2 aromatic rings. The summed E-state index contributed by atoms with van der Waals surface area (Å²) < 4.78 is 26.4. The SMILES string of the molecule is CC(C=O)C[N+]1(S(=O)(=O)c2ccccc2)C=Cc2cc(Cl)ccc21. The molecule has 6 heteroatoms. The molecule has 3 rings (SSSR count). The molecule has 0 bridgehead atoms. The second-order valence-corrected chi connectivity index (χ2v) is 8.41. The summed E-state index contributed by atoms with van der Waals surface area (Å²) in [5, 5.41) is 0.541. The molecular formula is C18H17ClNO3S+. The smallest absolute Gasteiger partial charge is 0.303 e. The lowest BCUT2D eigenvalue weighted by Gasteiger charge is -2.32. The zero-order chi connectivity index (χ0) is 17.4. The van der Waals surface area contributed by atoms with Crippen molar-refractivity contribution in [3.05, 3.63) is 65.3 Å². The molecule has 124 valence electrons. The minimum Gasteiger partial charge on any atom is -0.303 e. The largest absolute Gasteiger partial charge is 0.336 e. The van der Waals surface area contributed by atoms with E-state index in [1.807, 2.05) is 0 Å². The van der Waals surface area contributed by atoms with Crippen molar-refractivity contribution in [2.75, 3.05) is 6.54 Å². The van der Waals surface area contributed by atoms with Crippen LogP contribution in [0.3, 0.4) is 0 Å². The van der Waals surface area contributed by atoms with Crippen molar-refractivity contribution in [2.45, 2.75) is 11.8 Å². The van der Waals surface area contributed by atoms with Gasteiger partial charge in [0, 0.05) is 22.7 Å². The lowest BCUT2D eigenvalue weighted by atomic mass is 10.1. The molecule has 0 aliphatic carbocycles. The Morgan fingerprint density at radius 2 is 1.88 bits per heavy atom. The fourth-order valence-corrected chi connectivity index (χ4v) is 5.14. The Morgan fingerprint density at radius 1 is 1.17 bits per heavy atom. The first-order chi connectivity index (χ1) is 11.4. The molecule has 1 aliphatic rings. The van der Waals surface area contributed by atoms with Gasteiger partial charge in [0.1, 0.15) is 23.9 Å². The minimum atomic E-state index is -3.78. The molecule has 0 saturated heterocycles. The van der Waals surface area contributed by atoms with Crippen molar-refractivity contribution in [2.24, 2.45) is 5.92 Å². The number of fused-ring (bicyclic) bond motifs is 1. The lowest BCUT2D eigenvalue weighted by Crippen LogP contribution is -2.51. The van der Waals surface area contributed by atoms with Crippen LogP contribution in [0.5, 0.6) is 0 Å². The quantitative estimate of drug-likeness (QED) is 0.599. The molecular weight excluding hydrogens is 346 g/mol. The summed E-state index contributed by atoms with van der Waals surface area (Å²) in [5.74, 6) is -0.422. The Balaban J connectivity index is 2.24. The topological polar surface area (TPSA) is 51.2 Å². The van der Waals surface area contributed by atoms with Gasteiger partial charge in [0.05, 0.1) is 5.92 Å². The third kappa shape index (κ3) is 2.59. The summed E-state index contributed by atoms with van der Waals surface area (Å²) in [6, 6.07) is 13.4. The predicted octanol–water partition coefficient (Wildman–Crippen LogP) is 3.86. The molecule has 2 atom stereocenters. The first kappa shape index (κ1) is 16.9. The number of hydrogen-bond donors (Lipinski definition) is 0. The van der Waals surface area contributed by atoms with Crippen LogP contribution in [-0.4, -0.2) is 21.2 Å². The van der Waals surface area contributed by atoms with E-state index in [-0.39, 0.29) is 11.4 Å². The van der Waals surface area contributed by atoms with Gasteiger partial charge >= 0.3 is 10.0 Å². The van der Waals surface area contributed by atoms with Gasteiger partial charge in [-0.3, -0.25) is 0 Å². The number of carbonyl (C=O) groups is 1. The van der Waals surface area contributed by atoms with Crippen molar-refractivity contribution in [1.29, 1.82) is 0 Å². The van der Waals surface area contributed by atoms with E-state index in [1.165, 1.54) is 0 Å². The molecule has 0 radical (unpaired) electrons. The molecule has 0 aromatic heterocycles. The number of hydrogen-bond acceptors (Lipinski definition) is 3. The van der Waals surface area contributed by atoms with Gasteiger partial charge in [0.25, 0.3) is 0 Å². The molecule has 0 N–H and O–H groups in total. The number of aldehydes is 1.